The van der Waals surface area contributed by atoms with E-state index in [1.165, 1.54) is 0 Å². The lowest BCUT2D eigenvalue weighted by Gasteiger charge is -2.24. The molecule has 0 bridgehead atoms. The number of carbonyl (C=O) groups excluding carboxylic acids is 1. The lowest BCUT2D eigenvalue weighted by molar-refractivity contribution is -0.138. The predicted molar refractivity (Wildman–Crippen MR) is 60.1 cm³/mol. The molecular formula is C13H18O3. The Balaban J connectivity index is 2.01. The number of aliphatic hydroxyl groups is 1. The zero-order chi connectivity index (χ0) is 11.4. The maximum absolute atomic E-state index is 12.0. The third-order valence-electron chi connectivity index (χ3n) is 3.36. The van der Waals surface area contributed by atoms with E-state index in [2.05, 4.69) is 0 Å². The maximum atomic E-state index is 12.0. The molecule has 2 rings (SSSR count). The first-order valence-electron chi connectivity index (χ1n) is 5.99. The Bertz CT molecular complexity index is 332. The largest absolute Gasteiger partial charge is 0.469 e. The van der Waals surface area contributed by atoms with E-state index in [9.17, 15) is 9.90 Å². The highest BCUT2D eigenvalue weighted by Gasteiger charge is 2.35. The Morgan fingerprint density at radius 1 is 1.31 bits per heavy atom. The molecule has 3 nitrogen and oxygen atoms in total. The van der Waals surface area contributed by atoms with E-state index < -0.39 is 5.60 Å². The summed E-state index contributed by atoms with van der Waals surface area (Å²) < 4.78 is 5.14. The lowest BCUT2D eigenvalue weighted by atomic mass is 9.88. The van der Waals surface area contributed by atoms with Gasteiger partial charge in [0.25, 0.3) is 0 Å². The third-order valence-corrected chi connectivity index (χ3v) is 3.36. The van der Waals surface area contributed by atoms with Crippen molar-refractivity contribution in [2.24, 2.45) is 0 Å². The summed E-state index contributed by atoms with van der Waals surface area (Å²) in [4.78, 5) is 12.0. The van der Waals surface area contributed by atoms with Gasteiger partial charge in [0.2, 0.25) is 0 Å². The molecule has 16 heavy (non-hydrogen) atoms. The van der Waals surface area contributed by atoms with Crippen molar-refractivity contribution in [1.82, 2.24) is 0 Å². The number of furan rings is 1. The van der Waals surface area contributed by atoms with Crippen LogP contribution in [0.1, 0.15) is 44.3 Å². The zero-order valence-electron chi connectivity index (χ0n) is 9.45. The molecule has 1 N–H and O–H groups in total. The standard InChI is InChI=1S/C13H18O3/c14-12(10-11-6-5-9-16-11)13(15)7-3-1-2-4-8-13/h5-6,9,15H,1-4,7-8,10H2. The van der Waals surface area contributed by atoms with E-state index in [0.29, 0.717) is 18.6 Å². The first-order chi connectivity index (χ1) is 7.71. The van der Waals surface area contributed by atoms with E-state index in [4.69, 9.17) is 4.42 Å². The molecule has 0 aliphatic heterocycles. The third kappa shape index (κ3) is 2.53. The van der Waals surface area contributed by atoms with Gasteiger partial charge in [-0.25, -0.2) is 0 Å². The molecule has 1 saturated carbocycles. The van der Waals surface area contributed by atoms with Crippen molar-refractivity contribution in [3.05, 3.63) is 24.2 Å². The van der Waals surface area contributed by atoms with Gasteiger partial charge >= 0.3 is 0 Å². The van der Waals surface area contributed by atoms with E-state index in [-0.39, 0.29) is 12.2 Å². The molecule has 0 aromatic carbocycles. The fourth-order valence-corrected chi connectivity index (χ4v) is 2.33. The molecule has 3 heteroatoms. The van der Waals surface area contributed by atoms with Gasteiger partial charge in [0.15, 0.2) is 5.78 Å². The SMILES string of the molecule is O=C(Cc1ccco1)C1(O)CCCCCC1. The highest BCUT2D eigenvalue weighted by molar-refractivity contribution is 5.88. The second kappa shape index (κ2) is 4.83. The minimum atomic E-state index is -1.11. The monoisotopic (exact) mass is 222 g/mol. The van der Waals surface area contributed by atoms with Crippen molar-refractivity contribution in [3.8, 4) is 0 Å². The number of carbonyl (C=O) groups is 1. The van der Waals surface area contributed by atoms with Crippen molar-refractivity contribution < 1.29 is 14.3 Å². The second-order valence-corrected chi connectivity index (χ2v) is 4.63. The minimum absolute atomic E-state index is 0.0932. The smallest absolute Gasteiger partial charge is 0.171 e. The van der Waals surface area contributed by atoms with Crippen LogP contribution < -0.4 is 0 Å². The van der Waals surface area contributed by atoms with E-state index >= 15 is 0 Å². The normalized spacial score (nSPS) is 20.3. The number of Topliss-reactive ketones (excluding diaryl/α,β-unsaturated/α-hetero) is 1. The predicted octanol–water partition coefficient (Wildman–Crippen LogP) is 2.48. The van der Waals surface area contributed by atoms with Crippen LogP contribution in [0.3, 0.4) is 0 Å². The van der Waals surface area contributed by atoms with Crippen LogP contribution in [0.25, 0.3) is 0 Å². The first kappa shape index (κ1) is 11.4. The van der Waals surface area contributed by atoms with Crippen LogP contribution in [-0.4, -0.2) is 16.5 Å². The summed E-state index contributed by atoms with van der Waals surface area (Å²) >= 11 is 0. The highest BCUT2D eigenvalue weighted by atomic mass is 16.3. The molecule has 0 radical (unpaired) electrons. The van der Waals surface area contributed by atoms with Crippen molar-refractivity contribution in [2.75, 3.05) is 0 Å². The van der Waals surface area contributed by atoms with Crippen molar-refractivity contribution in [1.29, 1.82) is 0 Å². The van der Waals surface area contributed by atoms with E-state index in [1.807, 2.05) is 0 Å². The van der Waals surface area contributed by atoms with Crippen LogP contribution in [0, 0.1) is 0 Å². The lowest BCUT2D eigenvalue weighted by Crippen LogP contribution is -2.39. The van der Waals surface area contributed by atoms with Gasteiger partial charge in [-0.1, -0.05) is 25.7 Å². The summed E-state index contributed by atoms with van der Waals surface area (Å²) in [6.45, 7) is 0. The molecular weight excluding hydrogens is 204 g/mol. The van der Waals surface area contributed by atoms with Crippen LogP contribution in [0.2, 0.25) is 0 Å². The molecule has 0 spiro atoms. The summed E-state index contributed by atoms with van der Waals surface area (Å²) in [7, 11) is 0. The molecule has 0 atom stereocenters. The highest BCUT2D eigenvalue weighted by Crippen LogP contribution is 2.28. The molecule has 88 valence electrons. The Hall–Kier alpha value is -1.09. The minimum Gasteiger partial charge on any atom is -0.469 e. The molecule has 1 aromatic heterocycles. The van der Waals surface area contributed by atoms with Crippen molar-refractivity contribution >= 4 is 5.78 Å². The van der Waals surface area contributed by atoms with Crippen molar-refractivity contribution in [2.45, 2.75) is 50.5 Å². The van der Waals surface area contributed by atoms with Gasteiger partial charge in [-0.2, -0.15) is 0 Å². The molecule has 1 fully saturated rings. The summed E-state index contributed by atoms with van der Waals surface area (Å²) in [6, 6.07) is 3.54. The Morgan fingerprint density at radius 3 is 2.56 bits per heavy atom. The van der Waals surface area contributed by atoms with Gasteiger partial charge in [-0.15, -0.1) is 0 Å². The quantitative estimate of drug-likeness (QED) is 0.799. The maximum Gasteiger partial charge on any atom is 0.171 e. The van der Waals surface area contributed by atoms with Gasteiger partial charge in [0.05, 0.1) is 12.7 Å². The summed E-state index contributed by atoms with van der Waals surface area (Å²) in [5.74, 6) is 0.548. The average Bonchev–Trinajstić information content (AvgIpc) is 2.66. The first-order valence-corrected chi connectivity index (χ1v) is 5.99. The molecule has 1 aliphatic rings. The topological polar surface area (TPSA) is 50.4 Å². The number of rotatable bonds is 3. The second-order valence-electron chi connectivity index (χ2n) is 4.63. The average molecular weight is 222 g/mol. The van der Waals surface area contributed by atoms with Crippen molar-refractivity contribution in [3.63, 3.8) is 0 Å². The molecule has 0 saturated heterocycles. The Kier molecular flexibility index (Phi) is 3.44. The summed E-state index contributed by atoms with van der Waals surface area (Å²) in [6.07, 6.45) is 7.11. The molecule has 0 amide bonds. The fraction of sp³-hybridized carbons (Fsp3) is 0.615. The number of hydrogen-bond acceptors (Lipinski definition) is 3. The molecule has 1 aliphatic carbocycles. The van der Waals surface area contributed by atoms with Gasteiger partial charge in [-0.3, -0.25) is 4.79 Å². The van der Waals surface area contributed by atoms with Gasteiger partial charge in [-0.05, 0) is 25.0 Å². The Labute approximate surface area is 95.5 Å². The van der Waals surface area contributed by atoms with Gasteiger partial charge < -0.3 is 9.52 Å². The fourth-order valence-electron chi connectivity index (χ4n) is 2.33. The molecule has 0 unspecified atom stereocenters. The van der Waals surface area contributed by atoms with Crippen LogP contribution >= 0.6 is 0 Å². The van der Waals surface area contributed by atoms with E-state index in [1.54, 1.807) is 18.4 Å². The van der Waals surface area contributed by atoms with Crippen LogP contribution in [-0.2, 0) is 11.2 Å². The molecule has 1 heterocycles. The zero-order valence-corrected chi connectivity index (χ0v) is 9.45. The Morgan fingerprint density at radius 2 is 2.00 bits per heavy atom. The van der Waals surface area contributed by atoms with E-state index in [0.717, 1.165) is 25.7 Å². The molecule has 1 aromatic rings. The van der Waals surface area contributed by atoms with Crippen LogP contribution in [0.5, 0.6) is 0 Å². The van der Waals surface area contributed by atoms with Crippen LogP contribution in [0.4, 0.5) is 0 Å². The van der Waals surface area contributed by atoms with Gasteiger partial charge in [0, 0.05) is 0 Å². The van der Waals surface area contributed by atoms with Crippen LogP contribution in [0.15, 0.2) is 22.8 Å². The van der Waals surface area contributed by atoms with Gasteiger partial charge in [0.1, 0.15) is 11.4 Å². The number of ketones is 1. The summed E-state index contributed by atoms with van der Waals surface area (Å²) in [5, 5.41) is 10.3. The summed E-state index contributed by atoms with van der Waals surface area (Å²) in [5.41, 5.74) is -1.11. The number of hydrogen-bond donors (Lipinski definition) is 1.